The van der Waals surface area contributed by atoms with Gasteiger partial charge in [0.05, 0.1) is 6.10 Å². The van der Waals surface area contributed by atoms with Gasteiger partial charge in [-0.2, -0.15) is 0 Å². The fourth-order valence-corrected chi connectivity index (χ4v) is 2.59. The molecule has 3 rings (SSSR count). The summed E-state index contributed by atoms with van der Waals surface area (Å²) < 4.78 is 6.19. The van der Waals surface area contributed by atoms with Crippen LogP contribution in [0.15, 0.2) is 78.9 Å². The van der Waals surface area contributed by atoms with Crippen LogP contribution in [0.25, 0.3) is 22.3 Å². The molecule has 0 heterocycles. The molecule has 0 spiro atoms. The van der Waals surface area contributed by atoms with Crippen molar-refractivity contribution >= 4 is 0 Å². The summed E-state index contributed by atoms with van der Waals surface area (Å²) in [5.41, 5.74) is 4.62. The van der Waals surface area contributed by atoms with E-state index in [1.807, 2.05) is 12.1 Å². The van der Waals surface area contributed by atoms with Crippen LogP contribution in [0.5, 0.6) is 5.75 Å². The van der Waals surface area contributed by atoms with Gasteiger partial charge in [0.1, 0.15) is 5.75 Å². The summed E-state index contributed by atoms with van der Waals surface area (Å²) in [6.45, 7) is 4.13. The quantitative estimate of drug-likeness (QED) is 0.589. The van der Waals surface area contributed by atoms with E-state index in [0.29, 0.717) is 0 Å². The second kappa shape index (κ2) is 6.48. The fourth-order valence-electron chi connectivity index (χ4n) is 2.59. The first kappa shape index (κ1) is 14.4. The van der Waals surface area contributed by atoms with Gasteiger partial charge < -0.3 is 4.74 Å². The highest BCUT2D eigenvalue weighted by Crippen LogP contribution is 2.39. The summed E-state index contributed by atoms with van der Waals surface area (Å²) in [6.07, 6.45) is 0.132. The smallest absolute Gasteiger partial charge is 0.135 e. The molecule has 1 nitrogen and oxygen atoms in total. The number of hydrogen-bond acceptors (Lipinski definition) is 1. The second-order valence-electron chi connectivity index (χ2n) is 5.58. The Labute approximate surface area is 132 Å². The minimum Gasteiger partial charge on any atom is -0.490 e. The van der Waals surface area contributed by atoms with Crippen molar-refractivity contribution in [3.63, 3.8) is 0 Å². The summed E-state index contributed by atoms with van der Waals surface area (Å²) in [4.78, 5) is 0. The molecule has 3 aromatic rings. The van der Waals surface area contributed by atoms with Crippen molar-refractivity contribution in [2.24, 2.45) is 0 Å². The van der Waals surface area contributed by atoms with Crippen molar-refractivity contribution in [2.45, 2.75) is 20.0 Å². The third kappa shape index (κ3) is 3.04. The monoisotopic (exact) mass is 288 g/mol. The Balaban J connectivity index is 2.19. The van der Waals surface area contributed by atoms with Gasteiger partial charge in [0.2, 0.25) is 0 Å². The molecule has 0 atom stereocenters. The predicted molar refractivity (Wildman–Crippen MR) is 93.1 cm³/mol. The molecule has 0 aliphatic carbocycles. The SMILES string of the molecule is CC(C)Oc1c(-c2ccccc2)cccc1-c1ccccc1. The molecular weight excluding hydrogens is 268 g/mol. The highest BCUT2D eigenvalue weighted by molar-refractivity contribution is 5.82. The molecule has 0 aliphatic heterocycles. The zero-order valence-electron chi connectivity index (χ0n) is 13.0. The average molecular weight is 288 g/mol. The summed E-state index contributed by atoms with van der Waals surface area (Å²) >= 11 is 0. The number of para-hydroxylation sites is 1. The highest BCUT2D eigenvalue weighted by atomic mass is 16.5. The Morgan fingerprint density at radius 3 is 1.45 bits per heavy atom. The van der Waals surface area contributed by atoms with Crippen molar-refractivity contribution in [3.8, 4) is 28.0 Å². The van der Waals surface area contributed by atoms with Gasteiger partial charge in [0.25, 0.3) is 0 Å². The lowest BCUT2D eigenvalue weighted by Gasteiger charge is -2.18. The average Bonchev–Trinajstić information content (AvgIpc) is 2.56. The van der Waals surface area contributed by atoms with Gasteiger partial charge >= 0.3 is 0 Å². The van der Waals surface area contributed by atoms with Crippen molar-refractivity contribution in [3.05, 3.63) is 78.9 Å². The van der Waals surface area contributed by atoms with Crippen LogP contribution >= 0.6 is 0 Å². The van der Waals surface area contributed by atoms with Gasteiger partial charge in [-0.05, 0) is 25.0 Å². The molecule has 0 aromatic heterocycles. The van der Waals surface area contributed by atoms with Crippen molar-refractivity contribution in [2.75, 3.05) is 0 Å². The van der Waals surface area contributed by atoms with Gasteiger partial charge in [-0.15, -0.1) is 0 Å². The largest absolute Gasteiger partial charge is 0.490 e. The van der Waals surface area contributed by atoms with E-state index in [4.69, 9.17) is 4.74 Å². The van der Waals surface area contributed by atoms with Crippen LogP contribution in [-0.2, 0) is 0 Å². The summed E-state index contributed by atoms with van der Waals surface area (Å²) in [7, 11) is 0. The van der Waals surface area contributed by atoms with E-state index in [-0.39, 0.29) is 6.10 Å². The Morgan fingerprint density at radius 1 is 0.591 bits per heavy atom. The van der Waals surface area contributed by atoms with Gasteiger partial charge in [-0.3, -0.25) is 0 Å². The number of hydrogen-bond donors (Lipinski definition) is 0. The Hall–Kier alpha value is -2.54. The topological polar surface area (TPSA) is 9.23 Å². The third-order valence-electron chi connectivity index (χ3n) is 3.54. The van der Waals surface area contributed by atoms with Crippen LogP contribution in [-0.4, -0.2) is 6.10 Å². The molecule has 110 valence electrons. The molecule has 0 radical (unpaired) electrons. The third-order valence-corrected chi connectivity index (χ3v) is 3.54. The maximum Gasteiger partial charge on any atom is 0.135 e. The molecule has 22 heavy (non-hydrogen) atoms. The van der Waals surface area contributed by atoms with Crippen LogP contribution in [0.3, 0.4) is 0 Å². The molecule has 0 saturated heterocycles. The van der Waals surface area contributed by atoms with E-state index >= 15 is 0 Å². The lowest BCUT2D eigenvalue weighted by Crippen LogP contribution is -2.07. The summed E-state index contributed by atoms with van der Waals surface area (Å²) in [5, 5.41) is 0. The number of ether oxygens (including phenoxy) is 1. The first-order valence-electron chi connectivity index (χ1n) is 7.66. The number of benzene rings is 3. The molecule has 0 N–H and O–H groups in total. The van der Waals surface area contributed by atoms with E-state index in [0.717, 1.165) is 16.9 Å². The van der Waals surface area contributed by atoms with E-state index in [2.05, 4.69) is 80.6 Å². The first-order valence-corrected chi connectivity index (χ1v) is 7.66. The maximum atomic E-state index is 6.19. The van der Waals surface area contributed by atoms with Gasteiger partial charge in [-0.1, -0.05) is 78.9 Å². The second-order valence-corrected chi connectivity index (χ2v) is 5.58. The maximum absolute atomic E-state index is 6.19. The van der Waals surface area contributed by atoms with E-state index in [9.17, 15) is 0 Å². The fraction of sp³-hybridized carbons (Fsp3) is 0.143. The number of rotatable bonds is 4. The molecule has 0 unspecified atom stereocenters. The van der Waals surface area contributed by atoms with Crippen molar-refractivity contribution in [1.82, 2.24) is 0 Å². The van der Waals surface area contributed by atoms with Crippen LogP contribution in [0.4, 0.5) is 0 Å². The van der Waals surface area contributed by atoms with Gasteiger partial charge in [0.15, 0.2) is 0 Å². The predicted octanol–water partition coefficient (Wildman–Crippen LogP) is 5.81. The Bertz CT molecular complexity index is 673. The minimum atomic E-state index is 0.132. The lowest BCUT2D eigenvalue weighted by molar-refractivity contribution is 0.244. The van der Waals surface area contributed by atoms with Crippen LogP contribution in [0, 0.1) is 0 Å². The molecule has 0 bridgehead atoms. The van der Waals surface area contributed by atoms with Crippen LogP contribution in [0.1, 0.15) is 13.8 Å². The zero-order chi connectivity index (χ0) is 15.4. The van der Waals surface area contributed by atoms with E-state index in [1.54, 1.807) is 0 Å². The minimum absolute atomic E-state index is 0.132. The molecule has 0 aliphatic rings. The lowest BCUT2D eigenvalue weighted by atomic mass is 9.97. The van der Waals surface area contributed by atoms with E-state index < -0.39 is 0 Å². The Kier molecular flexibility index (Phi) is 4.24. The molecular formula is C21H20O. The molecule has 0 fully saturated rings. The molecule has 0 amide bonds. The highest BCUT2D eigenvalue weighted by Gasteiger charge is 2.14. The van der Waals surface area contributed by atoms with Crippen LogP contribution in [0.2, 0.25) is 0 Å². The zero-order valence-corrected chi connectivity index (χ0v) is 13.0. The summed E-state index contributed by atoms with van der Waals surface area (Å²) in [5.74, 6) is 0.954. The molecule has 3 aromatic carbocycles. The molecule has 1 heteroatoms. The van der Waals surface area contributed by atoms with Crippen LogP contribution < -0.4 is 4.74 Å². The normalized spacial score (nSPS) is 10.7. The van der Waals surface area contributed by atoms with Gasteiger partial charge in [0, 0.05) is 11.1 Å². The van der Waals surface area contributed by atoms with Gasteiger partial charge in [-0.25, -0.2) is 0 Å². The standard InChI is InChI=1S/C21H20O/c1-16(2)22-21-19(17-10-5-3-6-11-17)14-9-15-20(21)18-12-7-4-8-13-18/h3-16H,1-2H3. The summed E-state index contributed by atoms with van der Waals surface area (Å²) in [6, 6.07) is 27.1. The molecule has 0 saturated carbocycles. The first-order chi connectivity index (χ1) is 10.8. The van der Waals surface area contributed by atoms with Crippen molar-refractivity contribution < 1.29 is 4.74 Å². The Morgan fingerprint density at radius 2 is 1.05 bits per heavy atom. The van der Waals surface area contributed by atoms with E-state index in [1.165, 1.54) is 11.1 Å². The van der Waals surface area contributed by atoms with Crippen molar-refractivity contribution in [1.29, 1.82) is 0 Å².